The van der Waals surface area contributed by atoms with Crippen molar-refractivity contribution in [2.24, 2.45) is 0 Å². The van der Waals surface area contributed by atoms with Crippen molar-refractivity contribution in [1.29, 1.82) is 0 Å². The molecule has 0 bridgehead atoms. The molecule has 32 heavy (non-hydrogen) atoms. The van der Waals surface area contributed by atoms with Crippen molar-refractivity contribution in [2.45, 2.75) is 33.7 Å². The van der Waals surface area contributed by atoms with Crippen molar-refractivity contribution in [3.63, 3.8) is 0 Å². The fourth-order valence-electron chi connectivity index (χ4n) is 4.04. The standard InChI is InChI=1S/C28H28N2O2/c1-19-6-4-8-22(14-19)12-13-30(28(32)23-9-5-7-20(2)15-23)18-25-17-24-16-21(3)10-11-26(24)29-27(25)31/h4-11,14-17H,12-13,18H2,1-3H3,(H,29,31). The van der Waals surface area contributed by atoms with Crippen molar-refractivity contribution in [3.05, 3.63) is 117 Å². The maximum atomic E-state index is 13.4. The SMILES string of the molecule is Cc1cccc(CCN(Cc2cc3cc(C)ccc3[nH]c2=O)C(=O)c2cccc(C)c2)c1. The smallest absolute Gasteiger partial charge is 0.254 e. The van der Waals surface area contributed by atoms with E-state index >= 15 is 0 Å². The highest BCUT2D eigenvalue weighted by molar-refractivity contribution is 5.94. The van der Waals surface area contributed by atoms with Crippen LogP contribution in [0.15, 0.2) is 77.6 Å². The van der Waals surface area contributed by atoms with Crippen LogP contribution in [0.1, 0.15) is 38.2 Å². The minimum Gasteiger partial charge on any atom is -0.334 e. The summed E-state index contributed by atoms with van der Waals surface area (Å²) in [5.74, 6) is -0.0647. The second-order valence-corrected chi connectivity index (χ2v) is 8.55. The summed E-state index contributed by atoms with van der Waals surface area (Å²) in [6, 6.07) is 23.8. The molecule has 0 aliphatic carbocycles. The number of carbonyl (C=O) groups excluding carboxylic acids is 1. The van der Waals surface area contributed by atoms with Crippen LogP contribution in [-0.2, 0) is 13.0 Å². The van der Waals surface area contributed by atoms with Crippen molar-refractivity contribution in [3.8, 4) is 0 Å². The van der Waals surface area contributed by atoms with Gasteiger partial charge >= 0.3 is 0 Å². The lowest BCUT2D eigenvalue weighted by molar-refractivity contribution is 0.0744. The summed E-state index contributed by atoms with van der Waals surface area (Å²) in [6.45, 7) is 6.86. The molecule has 0 aliphatic rings. The van der Waals surface area contributed by atoms with E-state index in [1.807, 2.05) is 68.4 Å². The van der Waals surface area contributed by atoms with Gasteiger partial charge in [0.05, 0.1) is 6.54 Å². The maximum absolute atomic E-state index is 13.4. The van der Waals surface area contributed by atoms with E-state index in [1.54, 1.807) is 4.90 Å². The molecule has 1 N–H and O–H groups in total. The van der Waals surface area contributed by atoms with Crippen LogP contribution in [0.5, 0.6) is 0 Å². The molecule has 0 aliphatic heterocycles. The first-order valence-corrected chi connectivity index (χ1v) is 10.9. The Morgan fingerprint density at radius 1 is 0.844 bits per heavy atom. The molecule has 1 heterocycles. The topological polar surface area (TPSA) is 53.2 Å². The monoisotopic (exact) mass is 424 g/mol. The zero-order valence-corrected chi connectivity index (χ0v) is 18.8. The number of fused-ring (bicyclic) bond motifs is 1. The van der Waals surface area contributed by atoms with E-state index in [0.717, 1.165) is 28.5 Å². The first-order valence-electron chi connectivity index (χ1n) is 10.9. The second-order valence-electron chi connectivity index (χ2n) is 8.55. The van der Waals surface area contributed by atoms with Crippen LogP contribution in [0.2, 0.25) is 0 Å². The van der Waals surface area contributed by atoms with Gasteiger partial charge in [0, 0.05) is 23.2 Å². The highest BCUT2D eigenvalue weighted by atomic mass is 16.2. The summed E-state index contributed by atoms with van der Waals surface area (Å²) in [5.41, 5.74) is 6.42. The normalized spacial score (nSPS) is 11.0. The van der Waals surface area contributed by atoms with Crippen LogP contribution in [-0.4, -0.2) is 22.3 Å². The molecular weight excluding hydrogens is 396 g/mol. The molecule has 0 unspecified atom stereocenters. The van der Waals surface area contributed by atoms with E-state index < -0.39 is 0 Å². The number of carbonyl (C=O) groups is 1. The van der Waals surface area contributed by atoms with Crippen LogP contribution in [0.4, 0.5) is 0 Å². The van der Waals surface area contributed by atoms with Gasteiger partial charge in [0.2, 0.25) is 0 Å². The van der Waals surface area contributed by atoms with Crippen molar-refractivity contribution < 1.29 is 4.79 Å². The Labute approximate surface area is 188 Å². The Morgan fingerprint density at radius 2 is 1.56 bits per heavy atom. The number of hydrogen-bond acceptors (Lipinski definition) is 2. The Hall–Kier alpha value is -3.66. The highest BCUT2D eigenvalue weighted by Crippen LogP contribution is 2.16. The molecule has 162 valence electrons. The zero-order valence-electron chi connectivity index (χ0n) is 18.8. The molecule has 4 aromatic rings. The van der Waals surface area contributed by atoms with E-state index in [9.17, 15) is 9.59 Å². The van der Waals surface area contributed by atoms with Crippen LogP contribution in [0.3, 0.4) is 0 Å². The van der Waals surface area contributed by atoms with Gasteiger partial charge in [-0.1, -0.05) is 59.2 Å². The number of benzene rings is 3. The zero-order chi connectivity index (χ0) is 22.7. The molecule has 4 rings (SSSR count). The van der Waals surface area contributed by atoms with Gasteiger partial charge in [-0.2, -0.15) is 0 Å². The number of H-pyrrole nitrogens is 1. The molecule has 0 fully saturated rings. The van der Waals surface area contributed by atoms with Gasteiger partial charge in [-0.05, 0) is 68.5 Å². The number of aryl methyl sites for hydroxylation is 3. The molecule has 4 nitrogen and oxygen atoms in total. The van der Waals surface area contributed by atoms with Crippen LogP contribution >= 0.6 is 0 Å². The molecule has 0 radical (unpaired) electrons. The molecule has 0 saturated carbocycles. The third-order valence-electron chi connectivity index (χ3n) is 5.74. The lowest BCUT2D eigenvalue weighted by atomic mass is 10.1. The van der Waals surface area contributed by atoms with Gasteiger partial charge in [0.15, 0.2) is 0 Å². The first-order chi connectivity index (χ1) is 15.4. The third kappa shape index (κ3) is 4.97. The van der Waals surface area contributed by atoms with Crippen molar-refractivity contribution in [1.82, 2.24) is 9.88 Å². The molecule has 0 saturated heterocycles. The van der Waals surface area contributed by atoms with Gasteiger partial charge in [-0.3, -0.25) is 9.59 Å². The average Bonchev–Trinajstić information content (AvgIpc) is 2.76. The third-order valence-corrected chi connectivity index (χ3v) is 5.74. The number of nitrogens with zero attached hydrogens (tertiary/aromatic N) is 1. The molecule has 0 spiro atoms. The number of aromatic amines is 1. The van der Waals surface area contributed by atoms with Crippen LogP contribution in [0, 0.1) is 20.8 Å². The van der Waals surface area contributed by atoms with Gasteiger partial charge < -0.3 is 9.88 Å². The summed E-state index contributed by atoms with van der Waals surface area (Å²) < 4.78 is 0. The molecule has 3 aromatic carbocycles. The number of aromatic nitrogens is 1. The lowest BCUT2D eigenvalue weighted by Crippen LogP contribution is -2.34. The number of nitrogens with one attached hydrogen (secondary N) is 1. The Kier molecular flexibility index (Phi) is 6.22. The number of hydrogen-bond donors (Lipinski definition) is 1. The summed E-state index contributed by atoms with van der Waals surface area (Å²) in [6.07, 6.45) is 0.726. The van der Waals surface area contributed by atoms with Gasteiger partial charge in [0.1, 0.15) is 0 Å². The van der Waals surface area contributed by atoms with Gasteiger partial charge in [-0.15, -0.1) is 0 Å². The second kappa shape index (κ2) is 9.23. The van der Waals surface area contributed by atoms with E-state index in [1.165, 1.54) is 11.1 Å². The maximum Gasteiger partial charge on any atom is 0.254 e. The fraction of sp³-hybridized carbons (Fsp3) is 0.214. The minimum atomic E-state index is -0.154. The molecule has 0 atom stereocenters. The summed E-state index contributed by atoms with van der Waals surface area (Å²) >= 11 is 0. The largest absolute Gasteiger partial charge is 0.334 e. The molecular formula is C28H28N2O2. The minimum absolute atomic E-state index is 0.0647. The summed E-state index contributed by atoms with van der Waals surface area (Å²) in [5, 5.41) is 0.973. The van der Waals surface area contributed by atoms with Crippen molar-refractivity contribution in [2.75, 3.05) is 6.54 Å². The molecule has 4 heteroatoms. The van der Waals surface area contributed by atoms with Crippen LogP contribution in [0.25, 0.3) is 10.9 Å². The van der Waals surface area contributed by atoms with Gasteiger partial charge in [0.25, 0.3) is 11.5 Å². The predicted molar refractivity (Wildman–Crippen MR) is 130 cm³/mol. The summed E-state index contributed by atoms with van der Waals surface area (Å²) in [7, 11) is 0. The fourth-order valence-corrected chi connectivity index (χ4v) is 4.04. The Bertz CT molecular complexity index is 1340. The van der Waals surface area contributed by atoms with E-state index in [0.29, 0.717) is 17.7 Å². The first kappa shape index (κ1) is 21.6. The summed E-state index contributed by atoms with van der Waals surface area (Å²) in [4.78, 5) is 31.0. The average molecular weight is 425 g/mol. The Morgan fingerprint density at radius 3 is 2.31 bits per heavy atom. The number of pyridine rings is 1. The lowest BCUT2D eigenvalue weighted by Gasteiger charge is -2.23. The molecule has 1 aromatic heterocycles. The van der Waals surface area contributed by atoms with Crippen LogP contribution < -0.4 is 5.56 Å². The Balaban J connectivity index is 1.66. The number of rotatable bonds is 6. The van der Waals surface area contributed by atoms with Crippen molar-refractivity contribution >= 4 is 16.8 Å². The predicted octanol–water partition coefficient (Wildman–Crippen LogP) is 5.34. The van der Waals surface area contributed by atoms with E-state index in [4.69, 9.17) is 0 Å². The molecule has 1 amide bonds. The quantitative estimate of drug-likeness (QED) is 0.454. The highest BCUT2D eigenvalue weighted by Gasteiger charge is 2.18. The van der Waals surface area contributed by atoms with Gasteiger partial charge in [-0.25, -0.2) is 0 Å². The van der Waals surface area contributed by atoms with E-state index in [2.05, 4.69) is 30.1 Å². The number of amides is 1. The van der Waals surface area contributed by atoms with E-state index in [-0.39, 0.29) is 18.0 Å².